The molecule has 0 fully saturated rings. The number of rotatable bonds is 6. The second-order valence-corrected chi connectivity index (χ2v) is 5.69. The molecule has 0 spiro atoms. The van der Waals surface area contributed by atoms with E-state index in [0.29, 0.717) is 11.3 Å². The molecule has 0 unspecified atom stereocenters. The van der Waals surface area contributed by atoms with Crippen molar-refractivity contribution < 1.29 is 19.2 Å². The van der Waals surface area contributed by atoms with Crippen molar-refractivity contribution in [2.75, 3.05) is 5.32 Å². The fraction of sp³-hybridized carbons (Fsp3) is 0.176. The minimum atomic E-state index is -0.979. The normalized spacial score (nSPS) is 11.5. The summed E-state index contributed by atoms with van der Waals surface area (Å²) in [6.07, 6.45) is -0.979. The minimum absolute atomic E-state index is 0.0519. The van der Waals surface area contributed by atoms with Gasteiger partial charge in [0.25, 0.3) is 5.91 Å². The van der Waals surface area contributed by atoms with Crippen molar-refractivity contribution >= 4 is 34.7 Å². The van der Waals surface area contributed by atoms with Gasteiger partial charge in [-0.05, 0) is 50.2 Å². The zero-order valence-corrected chi connectivity index (χ0v) is 14.2. The maximum Gasteiger partial charge on any atom is 0.312 e. The molecular weight excluding hydrogens is 348 g/mol. The number of anilines is 1. The van der Waals surface area contributed by atoms with Crippen molar-refractivity contribution in [3.8, 4) is 5.75 Å². The molecule has 0 aromatic heterocycles. The van der Waals surface area contributed by atoms with Gasteiger partial charge in [-0.3, -0.25) is 19.7 Å². The van der Waals surface area contributed by atoms with Gasteiger partial charge in [0.1, 0.15) is 0 Å². The summed E-state index contributed by atoms with van der Waals surface area (Å²) in [5.74, 6) is -0.617. The Morgan fingerprint density at radius 3 is 2.40 bits per heavy atom. The summed E-state index contributed by atoms with van der Waals surface area (Å²) in [7, 11) is 0. The van der Waals surface area contributed by atoms with Crippen LogP contribution in [0.1, 0.15) is 24.2 Å². The summed E-state index contributed by atoms with van der Waals surface area (Å²) in [5.41, 5.74) is 0.688. The van der Waals surface area contributed by atoms with E-state index in [-0.39, 0.29) is 22.2 Å². The number of halogens is 1. The number of hydrogen-bond donors (Lipinski definition) is 1. The van der Waals surface area contributed by atoms with E-state index in [1.165, 1.54) is 26.0 Å². The summed E-state index contributed by atoms with van der Waals surface area (Å²) in [6, 6.07) is 10.3. The monoisotopic (exact) mass is 362 g/mol. The second-order valence-electron chi connectivity index (χ2n) is 5.25. The molecule has 8 heteroatoms. The van der Waals surface area contributed by atoms with Gasteiger partial charge in [-0.15, -0.1) is 0 Å². The lowest BCUT2D eigenvalue weighted by Gasteiger charge is -2.15. The molecule has 25 heavy (non-hydrogen) atoms. The first-order valence-electron chi connectivity index (χ1n) is 7.30. The molecular formula is C17H15ClN2O5. The molecule has 2 rings (SSSR count). The van der Waals surface area contributed by atoms with Crippen LogP contribution in [0.25, 0.3) is 0 Å². The third-order valence-electron chi connectivity index (χ3n) is 3.35. The molecule has 0 saturated heterocycles. The van der Waals surface area contributed by atoms with Gasteiger partial charge in [-0.2, -0.15) is 0 Å². The molecule has 130 valence electrons. The lowest BCUT2D eigenvalue weighted by Crippen LogP contribution is -2.30. The Labute approximate surface area is 148 Å². The molecule has 0 radical (unpaired) electrons. The third-order valence-corrected chi connectivity index (χ3v) is 3.58. The zero-order chi connectivity index (χ0) is 18.6. The van der Waals surface area contributed by atoms with Crippen molar-refractivity contribution in [1.29, 1.82) is 0 Å². The van der Waals surface area contributed by atoms with Crippen LogP contribution in [0.4, 0.5) is 11.4 Å². The lowest BCUT2D eigenvalue weighted by molar-refractivity contribution is -0.386. The number of ketones is 1. The number of carbonyl (C=O) groups is 2. The van der Waals surface area contributed by atoms with E-state index in [4.69, 9.17) is 16.3 Å². The smallest absolute Gasteiger partial charge is 0.312 e. The molecule has 0 saturated carbocycles. The van der Waals surface area contributed by atoms with E-state index in [2.05, 4.69) is 5.32 Å². The first-order valence-corrected chi connectivity index (χ1v) is 7.68. The maximum absolute atomic E-state index is 12.2. The van der Waals surface area contributed by atoms with E-state index < -0.39 is 16.9 Å². The van der Waals surface area contributed by atoms with Crippen molar-refractivity contribution in [2.45, 2.75) is 20.0 Å². The Balaban J connectivity index is 2.08. The summed E-state index contributed by atoms with van der Waals surface area (Å²) >= 11 is 5.74. The zero-order valence-electron chi connectivity index (χ0n) is 13.5. The first kappa shape index (κ1) is 18.4. The fourth-order valence-corrected chi connectivity index (χ4v) is 2.18. The quantitative estimate of drug-likeness (QED) is 0.478. The minimum Gasteiger partial charge on any atom is -0.474 e. The number of ether oxygens (including phenoxy) is 1. The molecule has 0 bridgehead atoms. The topological polar surface area (TPSA) is 98.5 Å². The van der Waals surface area contributed by atoms with Gasteiger partial charge in [-0.1, -0.05) is 11.6 Å². The highest BCUT2D eigenvalue weighted by Crippen LogP contribution is 2.30. The fourth-order valence-electron chi connectivity index (χ4n) is 2.01. The predicted octanol–water partition coefficient (Wildman–Crippen LogP) is 3.86. The van der Waals surface area contributed by atoms with Gasteiger partial charge in [0.15, 0.2) is 17.6 Å². The number of nitrogens with zero attached hydrogens (tertiary/aromatic N) is 1. The van der Waals surface area contributed by atoms with E-state index in [1.807, 2.05) is 0 Å². The molecule has 7 nitrogen and oxygen atoms in total. The van der Waals surface area contributed by atoms with Gasteiger partial charge in [-0.25, -0.2) is 0 Å². The van der Waals surface area contributed by atoms with Gasteiger partial charge in [0.05, 0.1) is 4.92 Å². The molecule has 2 aromatic rings. The van der Waals surface area contributed by atoms with Crippen LogP contribution < -0.4 is 10.1 Å². The molecule has 0 aliphatic carbocycles. The van der Waals surface area contributed by atoms with Crippen LogP contribution in [0, 0.1) is 10.1 Å². The number of Topliss-reactive ketones (excluding diaryl/α,β-unsaturated/α-hetero) is 1. The Kier molecular flexibility index (Phi) is 5.71. The van der Waals surface area contributed by atoms with E-state index in [1.54, 1.807) is 24.3 Å². The maximum atomic E-state index is 12.2. The number of nitro groups is 1. The molecule has 0 aliphatic rings. The average molecular weight is 363 g/mol. The Bertz CT molecular complexity index is 820. The predicted molar refractivity (Wildman–Crippen MR) is 93.3 cm³/mol. The summed E-state index contributed by atoms with van der Waals surface area (Å²) < 4.78 is 5.39. The summed E-state index contributed by atoms with van der Waals surface area (Å²) in [5, 5.41) is 13.9. The van der Waals surface area contributed by atoms with Crippen LogP contribution in [0.5, 0.6) is 5.75 Å². The van der Waals surface area contributed by atoms with Crippen molar-refractivity contribution in [3.05, 3.63) is 63.2 Å². The molecule has 2 aromatic carbocycles. The molecule has 0 aliphatic heterocycles. The molecule has 0 heterocycles. The van der Waals surface area contributed by atoms with Crippen molar-refractivity contribution in [2.24, 2.45) is 0 Å². The Morgan fingerprint density at radius 1 is 1.20 bits per heavy atom. The number of carbonyl (C=O) groups excluding carboxylic acids is 2. The van der Waals surface area contributed by atoms with Gasteiger partial charge in [0.2, 0.25) is 0 Å². The van der Waals surface area contributed by atoms with Crippen molar-refractivity contribution in [1.82, 2.24) is 0 Å². The molecule has 1 atom stereocenters. The Morgan fingerprint density at radius 2 is 1.84 bits per heavy atom. The number of hydrogen-bond acceptors (Lipinski definition) is 5. The van der Waals surface area contributed by atoms with Crippen LogP contribution in [0.3, 0.4) is 0 Å². The van der Waals surface area contributed by atoms with Gasteiger partial charge >= 0.3 is 5.69 Å². The number of amides is 1. The summed E-state index contributed by atoms with van der Waals surface area (Å²) in [4.78, 5) is 33.8. The highest BCUT2D eigenvalue weighted by Gasteiger charge is 2.21. The SMILES string of the molecule is CC(=O)c1ccc(NC(=O)[C@@H](C)Oc2ccc(Cl)cc2[N+](=O)[O-])cc1. The second kappa shape index (κ2) is 7.76. The highest BCUT2D eigenvalue weighted by molar-refractivity contribution is 6.30. The van der Waals surface area contributed by atoms with Gasteiger partial charge in [0, 0.05) is 22.3 Å². The average Bonchev–Trinajstić information content (AvgIpc) is 2.56. The van der Waals surface area contributed by atoms with E-state index >= 15 is 0 Å². The van der Waals surface area contributed by atoms with E-state index in [0.717, 1.165) is 6.07 Å². The first-order chi connectivity index (χ1) is 11.8. The molecule has 1 N–H and O–H groups in total. The standard InChI is InChI=1S/C17H15ClN2O5/c1-10(21)12-3-6-14(7-4-12)19-17(22)11(2)25-16-8-5-13(18)9-15(16)20(23)24/h3-9,11H,1-2H3,(H,19,22)/t11-/m1/s1. The summed E-state index contributed by atoms with van der Waals surface area (Å²) in [6.45, 7) is 2.92. The van der Waals surface area contributed by atoms with Crippen molar-refractivity contribution in [3.63, 3.8) is 0 Å². The largest absolute Gasteiger partial charge is 0.474 e. The lowest BCUT2D eigenvalue weighted by atomic mass is 10.1. The molecule has 1 amide bonds. The van der Waals surface area contributed by atoms with Crippen LogP contribution in [0.2, 0.25) is 5.02 Å². The van der Waals surface area contributed by atoms with E-state index in [9.17, 15) is 19.7 Å². The van der Waals surface area contributed by atoms with Crippen LogP contribution >= 0.6 is 11.6 Å². The Hall–Kier alpha value is -2.93. The number of nitrogens with one attached hydrogen (secondary N) is 1. The third kappa shape index (κ3) is 4.77. The van der Waals surface area contributed by atoms with Crippen LogP contribution in [-0.4, -0.2) is 22.7 Å². The number of nitro benzene ring substituents is 1. The van der Waals surface area contributed by atoms with Crippen LogP contribution in [0.15, 0.2) is 42.5 Å². The van der Waals surface area contributed by atoms with Gasteiger partial charge < -0.3 is 10.1 Å². The highest BCUT2D eigenvalue weighted by atomic mass is 35.5. The number of benzene rings is 2. The van der Waals surface area contributed by atoms with Crippen LogP contribution in [-0.2, 0) is 4.79 Å².